The van der Waals surface area contributed by atoms with Crippen LogP contribution in [-0.2, 0) is 5.54 Å². The summed E-state index contributed by atoms with van der Waals surface area (Å²) in [5.41, 5.74) is 7.60. The molecule has 0 aliphatic rings. The number of benzene rings is 3. The Balaban J connectivity index is 1.43. The quantitative estimate of drug-likeness (QED) is 0.174. The second-order valence-corrected chi connectivity index (χ2v) is 12.1. The van der Waals surface area contributed by atoms with Crippen molar-refractivity contribution < 1.29 is 0 Å². The van der Waals surface area contributed by atoms with Gasteiger partial charge in [0.05, 0.1) is 11.1 Å². The summed E-state index contributed by atoms with van der Waals surface area (Å²) in [6.07, 6.45) is 8.10. The fraction of sp³-hybridized carbons (Fsp3) is 0.0278. The van der Waals surface area contributed by atoms with E-state index in [0.29, 0.717) is 0 Å². The van der Waals surface area contributed by atoms with E-state index in [1.807, 2.05) is 17.8 Å². The van der Waals surface area contributed by atoms with Gasteiger partial charge in [-0.2, -0.15) is 5.10 Å². The van der Waals surface area contributed by atoms with Crippen LogP contribution in [0.3, 0.4) is 0 Å². The minimum Gasteiger partial charge on any atom is -0.297 e. The monoisotopic (exact) mass is 591 g/mol. The lowest BCUT2D eigenvalue weighted by Gasteiger charge is -2.36. The van der Waals surface area contributed by atoms with E-state index in [4.69, 9.17) is 5.10 Å². The first kappa shape index (κ1) is 25.6. The highest BCUT2D eigenvalue weighted by atomic mass is 32.1. The molecule has 0 saturated heterocycles. The van der Waals surface area contributed by atoms with E-state index in [1.165, 1.54) is 0 Å². The van der Waals surface area contributed by atoms with E-state index >= 15 is 0 Å². The summed E-state index contributed by atoms with van der Waals surface area (Å²) in [4.78, 5) is 10.3. The number of hydrogen-bond acceptors (Lipinski definition) is 5. The number of aromatic nitrogens is 5. The van der Waals surface area contributed by atoms with Crippen molar-refractivity contribution in [3.8, 4) is 32.4 Å². The van der Waals surface area contributed by atoms with Crippen LogP contribution >= 0.6 is 22.7 Å². The Bertz CT molecular complexity index is 2020. The van der Waals surface area contributed by atoms with Crippen molar-refractivity contribution in [3.63, 3.8) is 0 Å². The number of fused-ring (bicyclic) bond motifs is 1. The summed E-state index contributed by atoms with van der Waals surface area (Å²) in [6, 6.07) is 40.5. The van der Waals surface area contributed by atoms with Gasteiger partial charge in [-0.3, -0.25) is 9.08 Å². The van der Waals surface area contributed by atoms with E-state index in [9.17, 15) is 0 Å². The third-order valence-electron chi connectivity index (χ3n) is 7.86. The summed E-state index contributed by atoms with van der Waals surface area (Å²) in [7, 11) is 0. The first-order valence-corrected chi connectivity index (χ1v) is 15.8. The molecule has 0 atom stereocenters. The molecule has 0 saturated carbocycles. The van der Waals surface area contributed by atoms with E-state index in [2.05, 4.69) is 152 Å². The Hall–Kier alpha value is -5.11. The number of imidazole rings is 1. The van der Waals surface area contributed by atoms with Gasteiger partial charge < -0.3 is 0 Å². The van der Waals surface area contributed by atoms with Crippen LogP contribution in [0.5, 0.6) is 0 Å². The van der Waals surface area contributed by atoms with Gasteiger partial charge in [-0.15, -0.1) is 22.7 Å². The lowest BCUT2D eigenvalue weighted by molar-refractivity contribution is 0.461. The van der Waals surface area contributed by atoms with Gasteiger partial charge in [0, 0.05) is 35.1 Å². The molecular formula is C36H25N5S2. The molecule has 8 aromatic rings. The number of hydrogen-bond donors (Lipinski definition) is 0. The fourth-order valence-corrected chi connectivity index (χ4v) is 7.30. The summed E-state index contributed by atoms with van der Waals surface area (Å²) in [5.74, 6) is 0. The zero-order valence-corrected chi connectivity index (χ0v) is 24.6. The molecule has 7 heteroatoms. The molecule has 0 bridgehead atoms. The molecular weight excluding hydrogens is 567 g/mol. The Morgan fingerprint density at radius 1 is 0.605 bits per heavy atom. The van der Waals surface area contributed by atoms with Crippen LogP contribution in [0.25, 0.3) is 38.0 Å². The van der Waals surface area contributed by atoms with Crippen molar-refractivity contribution in [2.24, 2.45) is 0 Å². The van der Waals surface area contributed by atoms with Gasteiger partial charge in [-0.05, 0) is 40.3 Å². The third-order valence-corrected chi connectivity index (χ3v) is 9.53. The molecule has 0 unspecified atom stereocenters. The maximum Gasteiger partial charge on any atom is 0.141 e. The number of thiazole rings is 1. The van der Waals surface area contributed by atoms with Gasteiger partial charge in [-0.1, -0.05) is 97.1 Å². The molecule has 0 spiro atoms. The van der Waals surface area contributed by atoms with Crippen LogP contribution in [0.2, 0.25) is 0 Å². The van der Waals surface area contributed by atoms with Crippen molar-refractivity contribution in [2.45, 2.75) is 5.54 Å². The first-order valence-electron chi connectivity index (χ1n) is 14.0. The Morgan fingerprint density at radius 2 is 1.28 bits per heavy atom. The minimum atomic E-state index is -0.709. The van der Waals surface area contributed by atoms with Crippen molar-refractivity contribution in [3.05, 3.63) is 167 Å². The molecule has 5 aromatic heterocycles. The molecule has 0 aliphatic heterocycles. The van der Waals surface area contributed by atoms with E-state index in [-0.39, 0.29) is 0 Å². The highest BCUT2D eigenvalue weighted by Crippen LogP contribution is 2.43. The summed E-state index contributed by atoms with van der Waals surface area (Å²) in [6.45, 7) is 0. The SMILES string of the molecule is c1ccc(C(c2ccccc2)(c2ccccc2)n2cc(-c3ccc4ncc(-c5nccs5)n4c3)c(-c3cccs3)n2)cc1. The van der Waals surface area contributed by atoms with E-state index in [1.54, 1.807) is 22.7 Å². The molecule has 0 N–H and O–H groups in total. The normalized spacial score (nSPS) is 11.7. The number of rotatable bonds is 7. The molecule has 5 heterocycles. The Labute approximate surface area is 257 Å². The molecule has 0 fully saturated rings. The lowest BCUT2D eigenvalue weighted by atomic mass is 9.77. The lowest BCUT2D eigenvalue weighted by Crippen LogP contribution is -2.38. The van der Waals surface area contributed by atoms with Crippen LogP contribution in [0, 0.1) is 0 Å². The van der Waals surface area contributed by atoms with Crippen LogP contribution in [0.15, 0.2) is 151 Å². The van der Waals surface area contributed by atoms with E-state index in [0.717, 1.165) is 54.7 Å². The molecule has 0 radical (unpaired) electrons. The van der Waals surface area contributed by atoms with Crippen LogP contribution < -0.4 is 0 Å². The van der Waals surface area contributed by atoms with Crippen molar-refractivity contribution in [1.82, 2.24) is 24.1 Å². The first-order chi connectivity index (χ1) is 21.3. The van der Waals surface area contributed by atoms with Crippen LogP contribution in [-0.4, -0.2) is 24.1 Å². The molecule has 3 aromatic carbocycles. The van der Waals surface area contributed by atoms with Gasteiger partial charge in [0.2, 0.25) is 0 Å². The predicted molar refractivity (Wildman–Crippen MR) is 175 cm³/mol. The van der Waals surface area contributed by atoms with Crippen molar-refractivity contribution in [2.75, 3.05) is 0 Å². The largest absolute Gasteiger partial charge is 0.297 e. The maximum atomic E-state index is 5.46. The second kappa shape index (κ2) is 10.6. The summed E-state index contributed by atoms with van der Waals surface area (Å²) >= 11 is 3.31. The molecule has 0 aliphatic carbocycles. The molecule has 5 nitrogen and oxygen atoms in total. The highest BCUT2D eigenvalue weighted by molar-refractivity contribution is 7.13. The van der Waals surface area contributed by atoms with Gasteiger partial charge >= 0.3 is 0 Å². The summed E-state index contributed by atoms with van der Waals surface area (Å²) < 4.78 is 4.29. The number of nitrogens with zero attached hydrogens (tertiary/aromatic N) is 5. The number of pyridine rings is 1. The molecule has 43 heavy (non-hydrogen) atoms. The third kappa shape index (κ3) is 4.24. The van der Waals surface area contributed by atoms with Gasteiger partial charge in [0.15, 0.2) is 0 Å². The Kier molecular flexibility index (Phi) is 6.32. The molecule has 0 amide bonds. The van der Waals surface area contributed by atoms with Gasteiger partial charge in [-0.25, -0.2) is 9.97 Å². The van der Waals surface area contributed by atoms with Gasteiger partial charge in [0.1, 0.15) is 27.6 Å². The zero-order chi connectivity index (χ0) is 28.6. The second-order valence-electron chi connectivity index (χ2n) is 10.2. The predicted octanol–water partition coefficient (Wildman–Crippen LogP) is 8.89. The summed E-state index contributed by atoms with van der Waals surface area (Å²) in [5, 5.41) is 10.5. The standard InChI is InChI=1S/C36H25N5S2/c1-4-11-27(12-5-1)36(28-13-6-2-7-14-28,29-15-8-3-9-16-29)41-25-30(34(39-41)32-17-10-21-42-32)26-18-19-33-38-23-31(40(33)24-26)35-37-20-22-43-35/h1-25H. The average Bonchev–Trinajstić information content (AvgIpc) is 3.90. The van der Waals surface area contributed by atoms with Gasteiger partial charge in [0.25, 0.3) is 0 Å². The topological polar surface area (TPSA) is 48.0 Å². The smallest absolute Gasteiger partial charge is 0.141 e. The van der Waals surface area contributed by atoms with Crippen molar-refractivity contribution >= 4 is 28.3 Å². The molecule has 8 rings (SSSR count). The Morgan fingerprint density at radius 3 is 1.86 bits per heavy atom. The maximum absolute atomic E-state index is 5.46. The average molecular weight is 592 g/mol. The van der Waals surface area contributed by atoms with E-state index < -0.39 is 5.54 Å². The highest BCUT2D eigenvalue weighted by Gasteiger charge is 2.40. The molecule has 206 valence electrons. The fourth-order valence-electron chi connectivity index (χ4n) is 5.94. The van der Waals surface area contributed by atoms with Crippen molar-refractivity contribution in [1.29, 1.82) is 0 Å². The number of thiophene rings is 1. The minimum absolute atomic E-state index is 0.709. The van der Waals surface area contributed by atoms with Crippen LogP contribution in [0.4, 0.5) is 0 Å². The van der Waals surface area contributed by atoms with Crippen LogP contribution in [0.1, 0.15) is 16.7 Å². The zero-order valence-electron chi connectivity index (χ0n) is 23.0.